The monoisotopic (exact) mass is 370 g/mol. The maximum absolute atomic E-state index is 12.6. The molecule has 0 spiro atoms. The van der Waals surface area contributed by atoms with Crippen molar-refractivity contribution >= 4 is 23.5 Å². The Balaban J connectivity index is 2.16. The molecule has 0 radical (unpaired) electrons. The molecule has 7 heteroatoms. The fraction of sp³-hybridized carbons (Fsp3) is 0.250. The lowest BCUT2D eigenvalue weighted by atomic mass is 10.0. The number of methoxy groups -OCH3 is 2. The molecule has 0 aromatic heterocycles. The van der Waals surface area contributed by atoms with Crippen molar-refractivity contribution in [2.45, 2.75) is 19.4 Å². The highest BCUT2D eigenvalue weighted by molar-refractivity contribution is 5.98. The molecule has 2 amide bonds. The van der Waals surface area contributed by atoms with Gasteiger partial charge in [0.25, 0.3) is 5.91 Å². The first-order chi connectivity index (χ1) is 12.9. The van der Waals surface area contributed by atoms with Gasteiger partial charge in [-0.15, -0.1) is 0 Å². The van der Waals surface area contributed by atoms with E-state index in [-0.39, 0.29) is 12.3 Å². The minimum atomic E-state index is -0.862. The Morgan fingerprint density at radius 1 is 1.04 bits per heavy atom. The Morgan fingerprint density at radius 2 is 1.78 bits per heavy atom. The third-order valence-electron chi connectivity index (χ3n) is 3.81. The zero-order valence-electron chi connectivity index (χ0n) is 15.4. The van der Waals surface area contributed by atoms with Gasteiger partial charge >= 0.3 is 5.97 Å². The third kappa shape index (κ3) is 5.85. The van der Waals surface area contributed by atoms with Crippen molar-refractivity contribution in [2.24, 2.45) is 0 Å². The summed E-state index contributed by atoms with van der Waals surface area (Å²) in [6.07, 6.45) is 0.251. The maximum atomic E-state index is 12.6. The van der Waals surface area contributed by atoms with Crippen molar-refractivity contribution < 1.29 is 23.9 Å². The van der Waals surface area contributed by atoms with Crippen molar-refractivity contribution in [1.82, 2.24) is 5.32 Å². The smallest absolute Gasteiger partial charge is 0.328 e. The number of hydrogen-bond acceptors (Lipinski definition) is 5. The summed E-state index contributed by atoms with van der Waals surface area (Å²) >= 11 is 0. The van der Waals surface area contributed by atoms with E-state index in [1.807, 2.05) is 6.07 Å². The van der Waals surface area contributed by atoms with Crippen LogP contribution in [0.2, 0.25) is 0 Å². The van der Waals surface area contributed by atoms with E-state index in [0.29, 0.717) is 17.0 Å². The second-order valence-corrected chi connectivity index (χ2v) is 5.87. The lowest BCUT2D eigenvalue weighted by molar-refractivity contribution is -0.142. The van der Waals surface area contributed by atoms with E-state index in [9.17, 15) is 14.4 Å². The molecule has 0 bridgehead atoms. The van der Waals surface area contributed by atoms with E-state index in [1.165, 1.54) is 20.1 Å². The van der Waals surface area contributed by atoms with Crippen molar-refractivity contribution in [2.75, 3.05) is 19.5 Å². The van der Waals surface area contributed by atoms with E-state index in [1.54, 1.807) is 43.5 Å². The van der Waals surface area contributed by atoms with E-state index < -0.39 is 17.9 Å². The van der Waals surface area contributed by atoms with Gasteiger partial charge in [0.15, 0.2) is 0 Å². The fourth-order valence-electron chi connectivity index (χ4n) is 2.55. The Morgan fingerprint density at radius 3 is 2.44 bits per heavy atom. The van der Waals surface area contributed by atoms with Crippen LogP contribution >= 0.6 is 0 Å². The van der Waals surface area contributed by atoms with Crippen LogP contribution in [0.3, 0.4) is 0 Å². The average Bonchev–Trinajstić information content (AvgIpc) is 2.66. The van der Waals surface area contributed by atoms with Crippen LogP contribution in [-0.2, 0) is 20.7 Å². The Kier molecular flexibility index (Phi) is 6.93. The second-order valence-electron chi connectivity index (χ2n) is 5.87. The quantitative estimate of drug-likeness (QED) is 0.729. The largest absolute Gasteiger partial charge is 0.497 e. The standard InChI is InChI=1S/C20H22N2O5/c1-13(23)21-16-8-5-7-15(12-16)19(24)22-18(20(25)27-3)11-14-6-4-9-17(10-14)26-2/h4-10,12,18H,11H2,1-3H3,(H,21,23)(H,22,24)/t18-/m0/s1. The summed E-state index contributed by atoms with van der Waals surface area (Å²) in [5, 5.41) is 5.30. The third-order valence-corrected chi connectivity index (χ3v) is 3.81. The van der Waals surface area contributed by atoms with Gasteiger partial charge < -0.3 is 20.1 Å². The van der Waals surface area contributed by atoms with Crippen LogP contribution in [0.4, 0.5) is 5.69 Å². The first-order valence-corrected chi connectivity index (χ1v) is 8.32. The number of carbonyl (C=O) groups excluding carboxylic acids is 3. The first-order valence-electron chi connectivity index (χ1n) is 8.32. The molecule has 0 saturated carbocycles. The van der Waals surface area contributed by atoms with E-state index in [0.717, 1.165) is 5.56 Å². The van der Waals surface area contributed by atoms with Gasteiger partial charge in [-0.1, -0.05) is 18.2 Å². The van der Waals surface area contributed by atoms with Crippen LogP contribution < -0.4 is 15.4 Å². The summed E-state index contributed by atoms with van der Waals surface area (Å²) in [6, 6.07) is 12.8. The lowest BCUT2D eigenvalue weighted by Crippen LogP contribution is -2.43. The highest BCUT2D eigenvalue weighted by atomic mass is 16.5. The van der Waals surface area contributed by atoms with E-state index >= 15 is 0 Å². The fourth-order valence-corrected chi connectivity index (χ4v) is 2.55. The number of esters is 1. The molecule has 27 heavy (non-hydrogen) atoms. The summed E-state index contributed by atoms with van der Waals surface area (Å²) in [5.74, 6) is -0.576. The van der Waals surface area contributed by atoms with Crippen molar-refractivity contribution in [1.29, 1.82) is 0 Å². The molecule has 0 aliphatic rings. The van der Waals surface area contributed by atoms with Crippen LogP contribution in [0.25, 0.3) is 0 Å². The molecule has 0 saturated heterocycles. The molecule has 0 unspecified atom stereocenters. The topological polar surface area (TPSA) is 93.7 Å². The molecule has 0 aliphatic carbocycles. The Bertz CT molecular complexity index is 835. The molecule has 7 nitrogen and oxygen atoms in total. The van der Waals surface area contributed by atoms with Crippen LogP contribution in [0.5, 0.6) is 5.75 Å². The summed E-state index contributed by atoms with van der Waals surface area (Å²) in [4.78, 5) is 35.9. The second kappa shape index (κ2) is 9.38. The lowest BCUT2D eigenvalue weighted by Gasteiger charge is -2.17. The summed E-state index contributed by atoms with van der Waals surface area (Å²) in [7, 11) is 2.82. The molecule has 0 heterocycles. The van der Waals surface area contributed by atoms with Gasteiger partial charge in [-0.25, -0.2) is 4.79 Å². The molecule has 2 aromatic carbocycles. The van der Waals surface area contributed by atoms with Crippen molar-refractivity contribution in [3.8, 4) is 5.75 Å². The molecule has 1 atom stereocenters. The van der Waals surface area contributed by atoms with Crippen LogP contribution in [0, 0.1) is 0 Å². The predicted molar refractivity (Wildman–Crippen MR) is 101 cm³/mol. The van der Waals surface area contributed by atoms with E-state index in [4.69, 9.17) is 9.47 Å². The molecule has 0 fully saturated rings. The first kappa shape index (κ1) is 20.0. The number of rotatable bonds is 7. The molecule has 142 valence electrons. The minimum Gasteiger partial charge on any atom is -0.497 e. The van der Waals surface area contributed by atoms with Crippen LogP contribution in [-0.4, -0.2) is 38.0 Å². The van der Waals surface area contributed by atoms with Crippen molar-refractivity contribution in [3.63, 3.8) is 0 Å². The Labute approximate surface area is 157 Å². The number of amides is 2. The van der Waals surface area contributed by atoms with Gasteiger partial charge in [0.2, 0.25) is 5.91 Å². The number of anilines is 1. The number of ether oxygens (including phenoxy) is 2. The molecule has 2 aromatic rings. The summed E-state index contributed by atoms with van der Waals surface area (Å²) < 4.78 is 9.99. The molecule has 0 aliphatic heterocycles. The van der Waals surface area contributed by atoms with Crippen LogP contribution in [0.15, 0.2) is 48.5 Å². The summed E-state index contributed by atoms with van der Waals surface area (Å²) in [5.41, 5.74) is 1.63. The zero-order valence-corrected chi connectivity index (χ0v) is 15.4. The molecular weight excluding hydrogens is 348 g/mol. The minimum absolute atomic E-state index is 0.238. The number of nitrogens with one attached hydrogen (secondary N) is 2. The highest BCUT2D eigenvalue weighted by Gasteiger charge is 2.23. The molecule has 2 N–H and O–H groups in total. The van der Waals surface area contributed by atoms with Gasteiger partial charge in [0.05, 0.1) is 14.2 Å². The SMILES string of the molecule is COC(=O)[C@H](Cc1cccc(OC)c1)NC(=O)c1cccc(NC(C)=O)c1. The van der Waals surface area contributed by atoms with Gasteiger partial charge in [-0.05, 0) is 35.9 Å². The predicted octanol–water partition coefficient (Wildman–Crippen LogP) is 2.17. The molecule has 2 rings (SSSR count). The normalized spacial score (nSPS) is 11.2. The van der Waals surface area contributed by atoms with Gasteiger partial charge in [0, 0.05) is 24.6 Å². The molecular formula is C20H22N2O5. The number of carbonyl (C=O) groups is 3. The van der Waals surface area contributed by atoms with Gasteiger partial charge in [0.1, 0.15) is 11.8 Å². The average molecular weight is 370 g/mol. The summed E-state index contributed by atoms with van der Waals surface area (Å²) in [6.45, 7) is 1.38. The maximum Gasteiger partial charge on any atom is 0.328 e. The highest BCUT2D eigenvalue weighted by Crippen LogP contribution is 2.15. The zero-order chi connectivity index (χ0) is 19.8. The Hall–Kier alpha value is -3.35. The van der Waals surface area contributed by atoms with Crippen LogP contribution in [0.1, 0.15) is 22.8 Å². The van der Waals surface area contributed by atoms with Gasteiger partial charge in [-0.2, -0.15) is 0 Å². The van der Waals surface area contributed by atoms with Crippen molar-refractivity contribution in [3.05, 3.63) is 59.7 Å². The van der Waals surface area contributed by atoms with Gasteiger partial charge in [-0.3, -0.25) is 9.59 Å². The van der Waals surface area contributed by atoms with E-state index in [2.05, 4.69) is 10.6 Å². The number of benzene rings is 2. The number of hydrogen-bond donors (Lipinski definition) is 2.